The van der Waals surface area contributed by atoms with Gasteiger partial charge < -0.3 is 9.84 Å². The quantitative estimate of drug-likeness (QED) is 0.849. The summed E-state index contributed by atoms with van der Waals surface area (Å²) in [4.78, 5) is 11.8. The monoisotopic (exact) mass is 280 g/mol. The molecule has 0 spiro atoms. The number of methoxy groups -OCH3 is 1. The normalized spacial score (nSPS) is 11.1. The van der Waals surface area contributed by atoms with E-state index in [4.69, 9.17) is 4.74 Å². The third kappa shape index (κ3) is 4.35. The third-order valence-corrected chi connectivity index (χ3v) is 2.88. The van der Waals surface area contributed by atoms with Gasteiger partial charge in [0, 0.05) is 0 Å². The van der Waals surface area contributed by atoms with Crippen LogP contribution in [0.2, 0.25) is 0 Å². The first kappa shape index (κ1) is 14.6. The van der Waals surface area contributed by atoms with Gasteiger partial charge in [-0.3, -0.25) is 4.79 Å². The molecule has 0 aliphatic rings. The molecule has 21 heavy (non-hydrogen) atoms. The van der Waals surface area contributed by atoms with Gasteiger partial charge in [0.25, 0.3) is 0 Å². The Hall–Kier alpha value is -2.81. The van der Waals surface area contributed by atoms with E-state index in [1.54, 1.807) is 24.3 Å². The van der Waals surface area contributed by atoms with E-state index in [9.17, 15) is 9.90 Å². The molecule has 0 heterocycles. The van der Waals surface area contributed by atoms with Crippen molar-refractivity contribution in [1.29, 1.82) is 0 Å². The fraction of sp³-hybridized carbons (Fsp3) is 0.0556. The van der Waals surface area contributed by atoms with E-state index >= 15 is 0 Å². The van der Waals surface area contributed by atoms with Gasteiger partial charge in [0.05, 0.1) is 7.11 Å². The van der Waals surface area contributed by atoms with Crippen LogP contribution < -0.4 is 4.74 Å². The van der Waals surface area contributed by atoms with Crippen LogP contribution in [0.3, 0.4) is 0 Å². The summed E-state index contributed by atoms with van der Waals surface area (Å²) >= 11 is 0. The Labute approximate surface area is 123 Å². The lowest BCUT2D eigenvalue weighted by Crippen LogP contribution is -1.86. The molecule has 0 saturated heterocycles. The summed E-state index contributed by atoms with van der Waals surface area (Å²) in [6, 6.07) is 14.5. The summed E-state index contributed by atoms with van der Waals surface area (Å²) in [5.41, 5.74) is 1.76. The predicted molar refractivity (Wildman–Crippen MR) is 84.2 cm³/mol. The standard InChI is InChI=1S/C18H16O3/c1-21-18-13-15(9-12-17(18)20)8-11-16(19)10-7-14-5-3-2-4-6-14/h2-13,20H,1H3/b10-7+,11-8+. The molecule has 0 bridgehead atoms. The van der Waals surface area contributed by atoms with Gasteiger partial charge in [-0.05, 0) is 35.4 Å². The summed E-state index contributed by atoms with van der Waals surface area (Å²) in [7, 11) is 1.48. The Bertz CT molecular complexity index is 670. The molecule has 2 rings (SSSR count). The van der Waals surface area contributed by atoms with Gasteiger partial charge in [0.1, 0.15) is 0 Å². The van der Waals surface area contributed by atoms with Gasteiger partial charge in [0.2, 0.25) is 0 Å². The summed E-state index contributed by atoms with van der Waals surface area (Å²) in [5.74, 6) is 0.347. The van der Waals surface area contributed by atoms with Crippen molar-refractivity contribution in [2.45, 2.75) is 0 Å². The molecule has 2 aromatic rings. The van der Waals surface area contributed by atoms with E-state index in [1.807, 2.05) is 30.3 Å². The lowest BCUT2D eigenvalue weighted by atomic mass is 10.1. The van der Waals surface area contributed by atoms with Crippen LogP contribution >= 0.6 is 0 Å². The number of hydrogen-bond donors (Lipinski definition) is 1. The van der Waals surface area contributed by atoms with Crippen molar-refractivity contribution in [3.63, 3.8) is 0 Å². The topological polar surface area (TPSA) is 46.5 Å². The van der Waals surface area contributed by atoms with Crippen LogP contribution in [-0.4, -0.2) is 18.0 Å². The van der Waals surface area contributed by atoms with E-state index < -0.39 is 0 Å². The average Bonchev–Trinajstić information content (AvgIpc) is 2.53. The highest BCUT2D eigenvalue weighted by Crippen LogP contribution is 2.26. The first-order valence-corrected chi connectivity index (χ1v) is 6.51. The summed E-state index contributed by atoms with van der Waals surface area (Å²) < 4.78 is 5.01. The zero-order chi connectivity index (χ0) is 15.1. The average molecular weight is 280 g/mol. The Morgan fingerprint density at radius 1 is 1.00 bits per heavy atom. The maximum atomic E-state index is 11.8. The molecule has 1 N–H and O–H groups in total. The van der Waals surface area contributed by atoms with Crippen molar-refractivity contribution in [1.82, 2.24) is 0 Å². The number of rotatable bonds is 5. The zero-order valence-electron chi connectivity index (χ0n) is 11.7. The van der Waals surface area contributed by atoms with Gasteiger partial charge in [-0.2, -0.15) is 0 Å². The molecule has 0 fully saturated rings. The van der Waals surface area contributed by atoms with E-state index in [2.05, 4.69) is 0 Å². The lowest BCUT2D eigenvalue weighted by molar-refractivity contribution is -0.110. The number of allylic oxidation sites excluding steroid dienone is 2. The van der Waals surface area contributed by atoms with Gasteiger partial charge in [-0.15, -0.1) is 0 Å². The van der Waals surface area contributed by atoms with E-state index in [1.165, 1.54) is 25.3 Å². The van der Waals surface area contributed by atoms with Crippen molar-refractivity contribution in [2.24, 2.45) is 0 Å². The summed E-state index contributed by atoms with van der Waals surface area (Å²) in [6.07, 6.45) is 6.44. The Morgan fingerprint density at radius 3 is 2.33 bits per heavy atom. The third-order valence-electron chi connectivity index (χ3n) is 2.88. The second-order valence-corrected chi connectivity index (χ2v) is 4.41. The van der Waals surface area contributed by atoms with Crippen molar-refractivity contribution in [3.8, 4) is 11.5 Å². The number of hydrogen-bond acceptors (Lipinski definition) is 3. The molecular formula is C18H16O3. The smallest absolute Gasteiger partial charge is 0.178 e. The first-order chi connectivity index (χ1) is 10.2. The van der Waals surface area contributed by atoms with Gasteiger partial charge in [-0.25, -0.2) is 0 Å². The molecule has 0 aliphatic carbocycles. The lowest BCUT2D eigenvalue weighted by Gasteiger charge is -2.03. The highest BCUT2D eigenvalue weighted by atomic mass is 16.5. The van der Waals surface area contributed by atoms with E-state index in [0.29, 0.717) is 5.75 Å². The van der Waals surface area contributed by atoms with Crippen molar-refractivity contribution in [3.05, 3.63) is 71.8 Å². The molecule has 3 heteroatoms. The first-order valence-electron chi connectivity index (χ1n) is 6.51. The van der Waals surface area contributed by atoms with Gasteiger partial charge in [-0.1, -0.05) is 48.6 Å². The van der Waals surface area contributed by atoms with Crippen molar-refractivity contribution >= 4 is 17.9 Å². The molecule has 0 atom stereocenters. The van der Waals surface area contributed by atoms with Crippen LogP contribution in [0.4, 0.5) is 0 Å². The van der Waals surface area contributed by atoms with Gasteiger partial charge in [0.15, 0.2) is 17.3 Å². The number of ether oxygens (including phenoxy) is 1. The highest BCUT2D eigenvalue weighted by molar-refractivity contribution is 6.04. The summed E-state index contributed by atoms with van der Waals surface area (Å²) in [5, 5.41) is 9.50. The maximum absolute atomic E-state index is 11.8. The Balaban J connectivity index is 2.04. The Kier molecular flexibility index (Phi) is 4.94. The van der Waals surface area contributed by atoms with Gasteiger partial charge >= 0.3 is 0 Å². The number of phenolic OH excluding ortho intramolecular Hbond substituents is 1. The molecular weight excluding hydrogens is 264 g/mol. The second-order valence-electron chi connectivity index (χ2n) is 4.41. The van der Waals surface area contributed by atoms with Crippen molar-refractivity contribution in [2.75, 3.05) is 7.11 Å². The van der Waals surface area contributed by atoms with Crippen molar-refractivity contribution < 1.29 is 14.6 Å². The molecule has 0 aliphatic heterocycles. The molecule has 0 radical (unpaired) electrons. The predicted octanol–water partition coefficient (Wildman–Crippen LogP) is 3.70. The molecule has 106 valence electrons. The minimum atomic E-state index is -0.106. The van der Waals surface area contributed by atoms with E-state index in [0.717, 1.165) is 11.1 Å². The number of carbonyl (C=O) groups is 1. The number of carbonyl (C=O) groups excluding carboxylic acids is 1. The molecule has 0 unspecified atom stereocenters. The number of phenols is 1. The minimum Gasteiger partial charge on any atom is -0.504 e. The molecule has 0 saturated carbocycles. The second kappa shape index (κ2) is 7.10. The number of benzene rings is 2. The molecule has 0 aromatic heterocycles. The molecule has 2 aromatic carbocycles. The zero-order valence-corrected chi connectivity index (χ0v) is 11.7. The number of aromatic hydroxyl groups is 1. The van der Waals surface area contributed by atoms with Crippen LogP contribution in [0, 0.1) is 0 Å². The fourth-order valence-electron chi connectivity index (χ4n) is 1.77. The summed E-state index contributed by atoms with van der Waals surface area (Å²) in [6.45, 7) is 0. The SMILES string of the molecule is COc1cc(/C=C/C(=O)/C=C/c2ccccc2)ccc1O. The van der Waals surface area contributed by atoms with Crippen LogP contribution in [0.1, 0.15) is 11.1 Å². The fourth-order valence-corrected chi connectivity index (χ4v) is 1.77. The van der Waals surface area contributed by atoms with E-state index in [-0.39, 0.29) is 11.5 Å². The molecule has 0 amide bonds. The minimum absolute atomic E-state index is 0.0740. The molecule has 3 nitrogen and oxygen atoms in total. The number of ketones is 1. The largest absolute Gasteiger partial charge is 0.504 e. The van der Waals surface area contributed by atoms with Crippen LogP contribution in [0.25, 0.3) is 12.2 Å². The van der Waals surface area contributed by atoms with Crippen LogP contribution in [0.15, 0.2) is 60.7 Å². The maximum Gasteiger partial charge on any atom is 0.178 e. The highest BCUT2D eigenvalue weighted by Gasteiger charge is 2.00. The van der Waals surface area contributed by atoms with Crippen LogP contribution in [0.5, 0.6) is 11.5 Å². The Morgan fingerprint density at radius 2 is 1.67 bits per heavy atom. The van der Waals surface area contributed by atoms with Crippen LogP contribution in [-0.2, 0) is 4.79 Å².